The number of aromatic nitrogens is 2. The topological polar surface area (TPSA) is 56.6 Å². The molecule has 27 heavy (non-hydrogen) atoms. The van der Waals surface area contributed by atoms with Gasteiger partial charge in [-0.3, -0.25) is 9.48 Å². The minimum Gasteiger partial charge on any atom is -0.486 e. The van der Waals surface area contributed by atoms with Crippen molar-refractivity contribution < 1.29 is 14.3 Å². The predicted octanol–water partition coefficient (Wildman–Crippen LogP) is 3.17. The highest BCUT2D eigenvalue weighted by Crippen LogP contribution is 2.42. The number of hydrogen-bond donors (Lipinski definition) is 0. The van der Waals surface area contributed by atoms with Crippen LogP contribution < -0.4 is 9.47 Å². The first-order valence-corrected chi connectivity index (χ1v) is 9.40. The van der Waals surface area contributed by atoms with Crippen LogP contribution in [0.3, 0.4) is 0 Å². The SMILES string of the molecule is O=C(Cn1cc2ccccc2n1)N1CCCC1c1cccc2c1OCCO2. The van der Waals surface area contributed by atoms with Crippen LogP contribution >= 0.6 is 0 Å². The number of likely N-dealkylation sites (tertiary alicyclic amines) is 1. The number of ether oxygens (including phenoxy) is 2. The highest BCUT2D eigenvalue weighted by Gasteiger charge is 2.33. The molecule has 6 heteroatoms. The molecular formula is C21H21N3O3. The van der Waals surface area contributed by atoms with Gasteiger partial charge in [-0.25, -0.2) is 0 Å². The first kappa shape index (κ1) is 16.2. The van der Waals surface area contributed by atoms with E-state index in [0.29, 0.717) is 13.2 Å². The number of para-hydroxylation sites is 1. The average molecular weight is 363 g/mol. The molecule has 0 spiro atoms. The smallest absolute Gasteiger partial charge is 0.244 e. The molecule has 138 valence electrons. The summed E-state index contributed by atoms with van der Waals surface area (Å²) in [4.78, 5) is 15.0. The van der Waals surface area contributed by atoms with Crippen molar-refractivity contribution >= 4 is 16.8 Å². The Hall–Kier alpha value is -3.02. The fourth-order valence-corrected chi connectivity index (χ4v) is 4.07. The Morgan fingerprint density at radius 3 is 2.93 bits per heavy atom. The molecule has 3 aromatic rings. The number of benzene rings is 2. The molecule has 6 nitrogen and oxygen atoms in total. The lowest BCUT2D eigenvalue weighted by Crippen LogP contribution is -2.34. The Balaban J connectivity index is 1.40. The first-order valence-electron chi connectivity index (χ1n) is 9.40. The van der Waals surface area contributed by atoms with E-state index in [2.05, 4.69) is 5.10 Å². The van der Waals surface area contributed by atoms with Gasteiger partial charge in [-0.2, -0.15) is 5.10 Å². The summed E-state index contributed by atoms with van der Waals surface area (Å²) in [5, 5.41) is 5.56. The molecule has 5 rings (SSSR count). The number of fused-ring (bicyclic) bond motifs is 2. The van der Waals surface area contributed by atoms with Crippen molar-refractivity contribution in [3.05, 3.63) is 54.2 Å². The lowest BCUT2D eigenvalue weighted by Gasteiger charge is -2.29. The zero-order valence-corrected chi connectivity index (χ0v) is 15.0. The highest BCUT2D eigenvalue weighted by atomic mass is 16.6. The van der Waals surface area contributed by atoms with Crippen LogP contribution in [0.5, 0.6) is 11.5 Å². The summed E-state index contributed by atoms with van der Waals surface area (Å²) >= 11 is 0. The number of rotatable bonds is 3. The molecule has 1 aromatic heterocycles. The van der Waals surface area contributed by atoms with Crippen molar-refractivity contribution in [3.63, 3.8) is 0 Å². The fourth-order valence-electron chi connectivity index (χ4n) is 4.07. The molecule has 2 aliphatic rings. The summed E-state index contributed by atoms with van der Waals surface area (Å²) in [6, 6.07) is 13.9. The number of nitrogens with zero attached hydrogens (tertiary/aromatic N) is 3. The number of amides is 1. The molecule has 0 N–H and O–H groups in total. The molecule has 2 aromatic carbocycles. The molecule has 1 atom stereocenters. The van der Waals surface area contributed by atoms with Gasteiger partial charge in [0.1, 0.15) is 19.8 Å². The third-order valence-electron chi connectivity index (χ3n) is 5.29. The third kappa shape index (κ3) is 2.91. The lowest BCUT2D eigenvalue weighted by molar-refractivity contribution is -0.133. The summed E-state index contributed by atoms with van der Waals surface area (Å²) < 4.78 is 13.3. The lowest BCUT2D eigenvalue weighted by atomic mass is 10.0. The van der Waals surface area contributed by atoms with Gasteiger partial charge in [0, 0.05) is 23.7 Å². The standard InChI is InChI=1S/C21H21N3O3/c25-20(14-23-13-15-5-1-2-7-17(15)22-23)24-10-4-8-18(24)16-6-3-9-19-21(16)27-12-11-26-19/h1-3,5-7,9,13,18H,4,8,10-12,14H2. The molecule has 2 aliphatic heterocycles. The average Bonchev–Trinajstić information content (AvgIpc) is 3.34. The van der Waals surface area contributed by atoms with Gasteiger partial charge in [-0.1, -0.05) is 30.3 Å². The van der Waals surface area contributed by atoms with Crippen LogP contribution in [0.15, 0.2) is 48.7 Å². The second-order valence-corrected chi connectivity index (χ2v) is 7.00. The van der Waals surface area contributed by atoms with Gasteiger partial charge >= 0.3 is 0 Å². The van der Waals surface area contributed by atoms with Crippen LogP contribution in [0.2, 0.25) is 0 Å². The number of hydrogen-bond acceptors (Lipinski definition) is 4. The van der Waals surface area contributed by atoms with Crippen LogP contribution in [0.4, 0.5) is 0 Å². The molecule has 0 bridgehead atoms. The second kappa shape index (κ2) is 6.61. The van der Waals surface area contributed by atoms with E-state index >= 15 is 0 Å². The summed E-state index contributed by atoms with van der Waals surface area (Å²) in [6.45, 7) is 2.12. The van der Waals surface area contributed by atoms with Crippen LogP contribution in [-0.2, 0) is 11.3 Å². The molecule has 1 fully saturated rings. The number of carbonyl (C=O) groups excluding carboxylic acids is 1. The zero-order chi connectivity index (χ0) is 18.2. The van der Waals surface area contributed by atoms with E-state index in [1.54, 1.807) is 4.68 Å². The summed E-state index contributed by atoms with van der Waals surface area (Å²) in [5.41, 5.74) is 1.95. The summed E-state index contributed by atoms with van der Waals surface area (Å²) in [5.74, 6) is 1.65. The molecule has 0 saturated carbocycles. The Kier molecular flexibility index (Phi) is 3.96. The molecule has 1 unspecified atom stereocenters. The zero-order valence-electron chi connectivity index (χ0n) is 15.0. The molecular weight excluding hydrogens is 342 g/mol. The van der Waals surface area contributed by atoms with Gasteiger partial charge in [0.25, 0.3) is 0 Å². The van der Waals surface area contributed by atoms with Crippen molar-refractivity contribution in [2.75, 3.05) is 19.8 Å². The van der Waals surface area contributed by atoms with Crippen molar-refractivity contribution in [1.29, 1.82) is 0 Å². The molecule has 3 heterocycles. The van der Waals surface area contributed by atoms with Crippen LogP contribution in [0, 0.1) is 0 Å². The monoisotopic (exact) mass is 363 g/mol. The van der Waals surface area contributed by atoms with E-state index in [4.69, 9.17) is 9.47 Å². The Morgan fingerprint density at radius 2 is 2.00 bits per heavy atom. The predicted molar refractivity (Wildman–Crippen MR) is 101 cm³/mol. The van der Waals surface area contributed by atoms with E-state index < -0.39 is 0 Å². The van der Waals surface area contributed by atoms with Crippen molar-refractivity contribution in [2.45, 2.75) is 25.4 Å². The molecule has 0 aliphatic carbocycles. The fraction of sp³-hybridized carbons (Fsp3) is 0.333. The maximum absolute atomic E-state index is 13.0. The molecule has 1 amide bonds. The van der Waals surface area contributed by atoms with E-state index in [1.165, 1.54) is 0 Å². The third-order valence-corrected chi connectivity index (χ3v) is 5.29. The van der Waals surface area contributed by atoms with Crippen LogP contribution in [0.1, 0.15) is 24.4 Å². The maximum Gasteiger partial charge on any atom is 0.244 e. The molecule has 1 saturated heterocycles. The van der Waals surface area contributed by atoms with E-state index in [9.17, 15) is 4.79 Å². The normalized spacial score (nSPS) is 18.8. The van der Waals surface area contributed by atoms with Gasteiger partial charge in [0.2, 0.25) is 5.91 Å². The minimum absolute atomic E-state index is 0.0270. The van der Waals surface area contributed by atoms with Gasteiger partial charge in [0.15, 0.2) is 11.5 Å². The summed E-state index contributed by atoms with van der Waals surface area (Å²) in [7, 11) is 0. The van der Waals surface area contributed by atoms with Gasteiger partial charge < -0.3 is 14.4 Å². The Labute approximate surface area is 157 Å². The highest BCUT2D eigenvalue weighted by molar-refractivity contribution is 5.80. The Morgan fingerprint density at radius 1 is 1.11 bits per heavy atom. The van der Waals surface area contributed by atoms with Crippen LogP contribution in [0.25, 0.3) is 10.9 Å². The Bertz CT molecular complexity index is 964. The van der Waals surface area contributed by atoms with E-state index in [0.717, 1.165) is 47.4 Å². The van der Waals surface area contributed by atoms with Gasteiger partial charge in [-0.15, -0.1) is 0 Å². The summed E-state index contributed by atoms with van der Waals surface area (Å²) in [6.07, 6.45) is 3.86. The van der Waals surface area contributed by atoms with Crippen molar-refractivity contribution in [2.24, 2.45) is 0 Å². The quantitative estimate of drug-likeness (QED) is 0.717. The van der Waals surface area contributed by atoms with E-state index in [1.807, 2.05) is 53.6 Å². The second-order valence-electron chi connectivity index (χ2n) is 7.00. The molecule has 0 radical (unpaired) electrons. The van der Waals surface area contributed by atoms with Crippen molar-refractivity contribution in [3.8, 4) is 11.5 Å². The first-order chi connectivity index (χ1) is 13.3. The largest absolute Gasteiger partial charge is 0.486 e. The minimum atomic E-state index is 0.0270. The van der Waals surface area contributed by atoms with Gasteiger partial charge in [-0.05, 0) is 25.0 Å². The van der Waals surface area contributed by atoms with Crippen molar-refractivity contribution in [1.82, 2.24) is 14.7 Å². The van der Waals surface area contributed by atoms with Gasteiger partial charge in [0.05, 0.1) is 11.6 Å². The number of carbonyl (C=O) groups is 1. The van der Waals surface area contributed by atoms with Crippen LogP contribution in [-0.4, -0.2) is 40.3 Å². The maximum atomic E-state index is 13.0. The van der Waals surface area contributed by atoms with E-state index in [-0.39, 0.29) is 18.5 Å².